The minimum absolute atomic E-state index is 0.338. The van der Waals surface area contributed by atoms with E-state index in [-0.39, 0.29) is 6.61 Å². The fourth-order valence-electron chi connectivity index (χ4n) is 1.64. The Morgan fingerprint density at radius 3 is 2.67 bits per heavy atom. The van der Waals surface area contributed by atoms with Crippen LogP contribution in [0.4, 0.5) is 0 Å². The standard InChI is InChI=1S/C14H18N2O5/c1-2-9-4-3-5-10(6-9)21-8-13(18)16-11(14(19)20)7-12(15)17/h3-6,11H,2,7-8H2,1H3,(H2,15,17)(H,16,18)(H,19,20). The van der Waals surface area contributed by atoms with E-state index >= 15 is 0 Å². The Kier molecular flexibility index (Phi) is 6.19. The molecule has 1 unspecified atom stereocenters. The van der Waals surface area contributed by atoms with Crippen LogP contribution in [0.2, 0.25) is 0 Å². The number of benzene rings is 1. The Morgan fingerprint density at radius 2 is 2.10 bits per heavy atom. The first-order chi connectivity index (χ1) is 9.92. The number of carbonyl (C=O) groups is 3. The van der Waals surface area contributed by atoms with Crippen LogP contribution in [0.3, 0.4) is 0 Å². The number of carbonyl (C=O) groups excluding carboxylic acids is 2. The lowest BCUT2D eigenvalue weighted by molar-refractivity contribution is -0.143. The van der Waals surface area contributed by atoms with Crippen molar-refractivity contribution in [3.05, 3.63) is 29.8 Å². The van der Waals surface area contributed by atoms with Crippen LogP contribution in [0.5, 0.6) is 5.75 Å². The van der Waals surface area contributed by atoms with Crippen molar-refractivity contribution in [1.82, 2.24) is 5.32 Å². The number of hydrogen-bond donors (Lipinski definition) is 3. The number of carboxylic acids is 1. The van der Waals surface area contributed by atoms with Gasteiger partial charge in [-0.15, -0.1) is 0 Å². The van der Waals surface area contributed by atoms with Crippen molar-refractivity contribution in [2.24, 2.45) is 5.73 Å². The number of amides is 2. The molecule has 0 aliphatic heterocycles. The average molecular weight is 294 g/mol. The zero-order chi connectivity index (χ0) is 15.8. The third kappa shape index (κ3) is 5.94. The first-order valence-corrected chi connectivity index (χ1v) is 6.44. The Balaban J connectivity index is 2.52. The van der Waals surface area contributed by atoms with Gasteiger partial charge in [0.05, 0.1) is 6.42 Å². The second-order valence-electron chi connectivity index (χ2n) is 4.42. The number of aryl methyl sites for hydroxylation is 1. The van der Waals surface area contributed by atoms with E-state index in [0.717, 1.165) is 12.0 Å². The van der Waals surface area contributed by atoms with Gasteiger partial charge in [0.25, 0.3) is 5.91 Å². The molecular formula is C14H18N2O5. The van der Waals surface area contributed by atoms with Crippen molar-refractivity contribution in [3.8, 4) is 5.75 Å². The van der Waals surface area contributed by atoms with E-state index in [1.165, 1.54) is 0 Å². The molecule has 0 aliphatic carbocycles. The molecule has 0 heterocycles. The van der Waals surface area contributed by atoms with Gasteiger partial charge < -0.3 is 20.9 Å². The van der Waals surface area contributed by atoms with Crippen molar-refractivity contribution >= 4 is 17.8 Å². The van der Waals surface area contributed by atoms with Crippen molar-refractivity contribution in [2.45, 2.75) is 25.8 Å². The van der Waals surface area contributed by atoms with Crippen LogP contribution in [0, 0.1) is 0 Å². The fraction of sp³-hybridized carbons (Fsp3) is 0.357. The molecule has 21 heavy (non-hydrogen) atoms. The summed E-state index contributed by atoms with van der Waals surface area (Å²) in [5.41, 5.74) is 5.98. The van der Waals surface area contributed by atoms with E-state index in [4.69, 9.17) is 15.6 Å². The molecule has 1 aromatic carbocycles. The molecule has 7 nitrogen and oxygen atoms in total. The molecule has 0 saturated heterocycles. The Hall–Kier alpha value is -2.57. The monoisotopic (exact) mass is 294 g/mol. The van der Waals surface area contributed by atoms with Crippen LogP contribution in [-0.4, -0.2) is 35.5 Å². The van der Waals surface area contributed by atoms with Crippen LogP contribution < -0.4 is 15.8 Å². The van der Waals surface area contributed by atoms with E-state index in [0.29, 0.717) is 5.75 Å². The number of nitrogens with two attached hydrogens (primary N) is 1. The van der Waals surface area contributed by atoms with Gasteiger partial charge in [-0.1, -0.05) is 19.1 Å². The molecule has 4 N–H and O–H groups in total. The van der Waals surface area contributed by atoms with Crippen molar-refractivity contribution in [3.63, 3.8) is 0 Å². The summed E-state index contributed by atoms with van der Waals surface area (Å²) < 4.78 is 5.27. The molecular weight excluding hydrogens is 276 g/mol. The normalized spacial score (nSPS) is 11.5. The summed E-state index contributed by atoms with van der Waals surface area (Å²) in [6.45, 7) is 1.66. The lowest BCUT2D eigenvalue weighted by atomic mass is 10.2. The van der Waals surface area contributed by atoms with Gasteiger partial charge in [-0.25, -0.2) is 4.79 Å². The van der Waals surface area contributed by atoms with Gasteiger partial charge in [-0.05, 0) is 24.1 Å². The lowest BCUT2D eigenvalue weighted by Gasteiger charge is -2.13. The number of primary amides is 1. The average Bonchev–Trinajstić information content (AvgIpc) is 2.44. The van der Waals surface area contributed by atoms with Crippen LogP contribution >= 0.6 is 0 Å². The maximum Gasteiger partial charge on any atom is 0.326 e. The zero-order valence-corrected chi connectivity index (χ0v) is 11.7. The summed E-state index contributed by atoms with van der Waals surface area (Å²) >= 11 is 0. The Bertz CT molecular complexity index is 530. The van der Waals surface area contributed by atoms with Crippen molar-refractivity contribution in [2.75, 3.05) is 6.61 Å². The number of nitrogens with one attached hydrogen (secondary N) is 1. The molecule has 0 radical (unpaired) electrons. The number of ether oxygens (including phenoxy) is 1. The van der Waals surface area contributed by atoms with E-state index < -0.39 is 30.2 Å². The number of rotatable bonds is 8. The Labute approximate surface area is 122 Å². The molecule has 1 rings (SSSR count). The summed E-state index contributed by atoms with van der Waals surface area (Å²) in [5, 5.41) is 11.0. The maximum atomic E-state index is 11.6. The second kappa shape index (κ2) is 7.88. The summed E-state index contributed by atoms with van der Waals surface area (Å²) in [6, 6.07) is 5.88. The van der Waals surface area contributed by atoms with Gasteiger partial charge in [0.15, 0.2) is 6.61 Å². The van der Waals surface area contributed by atoms with Crippen LogP contribution in [-0.2, 0) is 20.8 Å². The smallest absolute Gasteiger partial charge is 0.326 e. The lowest BCUT2D eigenvalue weighted by Crippen LogP contribution is -2.45. The predicted octanol–water partition coefficient (Wildman–Crippen LogP) is 0.0726. The van der Waals surface area contributed by atoms with Gasteiger partial charge in [0.2, 0.25) is 5.91 Å². The highest BCUT2D eigenvalue weighted by Gasteiger charge is 2.22. The molecule has 0 bridgehead atoms. The van der Waals surface area contributed by atoms with Crippen molar-refractivity contribution in [1.29, 1.82) is 0 Å². The molecule has 7 heteroatoms. The largest absolute Gasteiger partial charge is 0.484 e. The summed E-state index contributed by atoms with van der Waals surface area (Å²) in [4.78, 5) is 33.2. The first kappa shape index (κ1) is 16.5. The van der Waals surface area contributed by atoms with E-state index in [2.05, 4.69) is 5.32 Å². The molecule has 0 aliphatic rings. The minimum atomic E-state index is -1.35. The van der Waals surface area contributed by atoms with Gasteiger partial charge >= 0.3 is 5.97 Å². The van der Waals surface area contributed by atoms with Crippen LogP contribution in [0.15, 0.2) is 24.3 Å². The van der Waals surface area contributed by atoms with Crippen LogP contribution in [0.1, 0.15) is 18.9 Å². The zero-order valence-electron chi connectivity index (χ0n) is 11.7. The highest BCUT2D eigenvalue weighted by atomic mass is 16.5. The Morgan fingerprint density at radius 1 is 1.38 bits per heavy atom. The third-order valence-electron chi connectivity index (χ3n) is 2.72. The number of hydrogen-bond acceptors (Lipinski definition) is 4. The summed E-state index contributed by atoms with van der Waals surface area (Å²) in [5.74, 6) is -2.24. The molecule has 0 saturated carbocycles. The van der Waals surface area contributed by atoms with Gasteiger partial charge in [-0.3, -0.25) is 9.59 Å². The molecule has 0 spiro atoms. The molecule has 1 atom stereocenters. The highest BCUT2D eigenvalue weighted by Crippen LogP contribution is 2.13. The number of aliphatic carboxylic acids is 1. The molecule has 0 aromatic heterocycles. The topological polar surface area (TPSA) is 119 Å². The van der Waals surface area contributed by atoms with Crippen molar-refractivity contribution < 1.29 is 24.2 Å². The summed E-state index contributed by atoms with van der Waals surface area (Å²) in [6.07, 6.45) is 0.371. The molecule has 114 valence electrons. The minimum Gasteiger partial charge on any atom is -0.484 e. The van der Waals surface area contributed by atoms with Gasteiger partial charge in [0, 0.05) is 0 Å². The fourth-order valence-corrected chi connectivity index (χ4v) is 1.64. The molecule has 0 fully saturated rings. The van der Waals surface area contributed by atoms with E-state index in [1.807, 2.05) is 13.0 Å². The first-order valence-electron chi connectivity index (χ1n) is 6.44. The predicted molar refractivity (Wildman–Crippen MR) is 74.7 cm³/mol. The van der Waals surface area contributed by atoms with Crippen LogP contribution in [0.25, 0.3) is 0 Å². The quantitative estimate of drug-likeness (QED) is 0.627. The van der Waals surface area contributed by atoms with Gasteiger partial charge in [0.1, 0.15) is 11.8 Å². The number of carboxylic acid groups (broad SMARTS) is 1. The maximum absolute atomic E-state index is 11.6. The highest BCUT2D eigenvalue weighted by molar-refractivity contribution is 5.88. The molecule has 2 amide bonds. The molecule has 1 aromatic rings. The van der Waals surface area contributed by atoms with E-state index in [1.54, 1.807) is 18.2 Å². The third-order valence-corrected chi connectivity index (χ3v) is 2.72. The summed E-state index contributed by atoms with van der Waals surface area (Å²) in [7, 11) is 0. The van der Waals surface area contributed by atoms with Gasteiger partial charge in [-0.2, -0.15) is 0 Å². The van der Waals surface area contributed by atoms with E-state index in [9.17, 15) is 14.4 Å². The SMILES string of the molecule is CCc1cccc(OCC(=O)NC(CC(N)=O)C(=O)O)c1. The second-order valence-corrected chi connectivity index (χ2v) is 4.42.